The number of carbonyl (C=O) groups is 1. The quantitative estimate of drug-likeness (QED) is 0.458. The van der Waals surface area contributed by atoms with Gasteiger partial charge in [0.25, 0.3) is 0 Å². The largest absolute Gasteiger partial charge is 0.458 e. The minimum atomic E-state index is -0.468. The smallest absolute Gasteiger partial charge is 0.353 e. The molecule has 58 valence electrons. The van der Waals surface area contributed by atoms with Crippen molar-refractivity contribution in [3.8, 4) is 0 Å². The maximum absolute atomic E-state index is 10.7. The molecule has 0 amide bonds. The van der Waals surface area contributed by atoms with Gasteiger partial charge in [-0.05, 0) is 20.8 Å². The summed E-state index contributed by atoms with van der Waals surface area (Å²) in [6.45, 7) is 5.02. The van der Waals surface area contributed by atoms with Crippen molar-refractivity contribution in [2.75, 3.05) is 0 Å². The summed E-state index contributed by atoms with van der Waals surface area (Å²) < 4.78 is 7.90. The Kier molecular flexibility index (Phi) is 4.03. The number of hydrogen-bond acceptors (Lipinski definition) is 3. The Morgan fingerprint density at radius 2 is 2.10 bits per heavy atom. The molecule has 0 aliphatic carbocycles. The highest BCUT2D eigenvalue weighted by atomic mass is 35.5. The monoisotopic (exact) mass is 163 g/mol. The van der Waals surface area contributed by atoms with Crippen LogP contribution in [-0.2, 0) is 9.53 Å². The SMILES string of the molecule is CC(=NCl)C(=O)OC(C)C. The van der Waals surface area contributed by atoms with Crippen LogP contribution in [0.4, 0.5) is 0 Å². The highest BCUT2D eigenvalue weighted by molar-refractivity contribution is 6.40. The summed E-state index contributed by atoms with van der Waals surface area (Å²) in [5.41, 5.74) is 0.176. The van der Waals surface area contributed by atoms with Gasteiger partial charge in [-0.15, -0.1) is 0 Å². The van der Waals surface area contributed by atoms with E-state index in [0.29, 0.717) is 0 Å². The number of rotatable bonds is 2. The standard InChI is InChI=1S/C6H10ClNO2/c1-4(2)10-6(9)5(3)8-7/h4H,1-3H3. The number of hydrogen-bond donors (Lipinski definition) is 0. The number of carbonyl (C=O) groups excluding carboxylic acids is 1. The van der Waals surface area contributed by atoms with Crippen LogP contribution in [-0.4, -0.2) is 17.8 Å². The van der Waals surface area contributed by atoms with E-state index >= 15 is 0 Å². The topological polar surface area (TPSA) is 38.7 Å². The Morgan fingerprint density at radius 1 is 1.60 bits per heavy atom. The van der Waals surface area contributed by atoms with E-state index in [1.54, 1.807) is 13.8 Å². The molecule has 0 unspecified atom stereocenters. The molecule has 0 aromatic heterocycles. The van der Waals surface area contributed by atoms with Crippen molar-refractivity contribution in [1.82, 2.24) is 0 Å². The molecular weight excluding hydrogens is 154 g/mol. The zero-order valence-corrected chi connectivity index (χ0v) is 6.97. The van der Waals surface area contributed by atoms with Crippen LogP contribution in [0.15, 0.2) is 4.51 Å². The Labute approximate surface area is 65.1 Å². The van der Waals surface area contributed by atoms with E-state index in [0.717, 1.165) is 0 Å². The van der Waals surface area contributed by atoms with Gasteiger partial charge in [0, 0.05) is 11.8 Å². The van der Waals surface area contributed by atoms with Crippen molar-refractivity contribution < 1.29 is 9.53 Å². The Hall–Kier alpha value is -0.570. The van der Waals surface area contributed by atoms with Gasteiger partial charge < -0.3 is 4.74 Å². The van der Waals surface area contributed by atoms with Gasteiger partial charge in [0.1, 0.15) is 5.71 Å². The molecule has 0 saturated carbocycles. The molecular formula is C6H10ClNO2. The van der Waals surface area contributed by atoms with Gasteiger partial charge in [-0.3, -0.25) is 0 Å². The molecule has 0 bridgehead atoms. The van der Waals surface area contributed by atoms with Crippen LogP contribution >= 0.6 is 11.8 Å². The van der Waals surface area contributed by atoms with E-state index in [1.807, 2.05) is 0 Å². The highest BCUT2D eigenvalue weighted by Gasteiger charge is 2.08. The third-order valence-electron chi connectivity index (χ3n) is 0.765. The van der Waals surface area contributed by atoms with Crippen molar-refractivity contribution in [3.63, 3.8) is 0 Å². The predicted octanol–water partition coefficient (Wildman–Crippen LogP) is 1.55. The zero-order chi connectivity index (χ0) is 8.15. The van der Waals surface area contributed by atoms with Crippen molar-refractivity contribution in [2.24, 2.45) is 4.51 Å². The lowest BCUT2D eigenvalue weighted by molar-refractivity contribution is -0.139. The molecule has 3 nitrogen and oxygen atoms in total. The van der Waals surface area contributed by atoms with E-state index in [9.17, 15) is 4.79 Å². The minimum Gasteiger partial charge on any atom is -0.458 e. The van der Waals surface area contributed by atoms with Crippen LogP contribution in [0.1, 0.15) is 20.8 Å². The van der Waals surface area contributed by atoms with Crippen molar-refractivity contribution >= 4 is 23.5 Å². The van der Waals surface area contributed by atoms with Gasteiger partial charge in [-0.25, -0.2) is 4.79 Å². The summed E-state index contributed by atoms with van der Waals surface area (Å²) >= 11 is 5.02. The number of esters is 1. The second-order valence-corrected chi connectivity index (χ2v) is 2.29. The van der Waals surface area contributed by atoms with Crippen molar-refractivity contribution in [3.05, 3.63) is 0 Å². The molecule has 0 aliphatic heterocycles. The molecule has 0 aromatic carbocycles. The lowest BCUT2D eigenvalue weighted by Crippen LogP contribution is -2.17. The normalized spacial score (nSPS) is 11.9. The maximum Gasteiger partial charge on any atom is 0.353 e. The molecule has 0 fully saturated rings. The lowest BCUT2D eigenvalue weighted by Gasteiger charge is -2.05. The van der Waals surface area contributed by atoms with Gasteiger partial charge in [0.2, 0.25) is 0 Å². The van der Waals surface area contributed by atoms with E-state index in [1.165, 1.54) is 6.92 Å². The van der Waals surface area contributed by atoms with Crippen LogP contribution in [0.2, 0.25) is 0 Å². The van der Waals surface area contributed by atoms with E-state index in [-0.39, 0.29) is 11.8 Å². The average Bonchev–Trinajstić information content (AvgIpc) is 1.85. The summed E-state index contributed by atoms with van der Waals surface area (Å²) in [6.07, 6.45) is -0.124. The predicted molar refractivity (Wildman–Crippen MR) is 40.2 cm³/mol. The molecule has 0 rings (SSSR count). The van der Waals surface area contributed by atoms with Crippen molar-refractivity contribution in [2.45, 2.75) is 26.9 Å². The minimum absolute atomic E-state index is 0.124. The summed E-state index contributed by atoms with van der Waals surface area (Å²) in [5, 5.41) is 0. The summed E-state index contributed by atoms with van der Waals surface area (Å²) in [4.78, 5) is 10.7. The third-order valence-corrected chi connectivity index (χ3v) is 1.02. The number of halogens is 1. The Balaban J connectivity index is 3.86. The van der Waals surface area contributed by atoms with Gasteiger partial charge in [-0.2, -0.15) is 4.51 Å². The molecule has 0 spiro atoms. The first-order chi connectivity index (χ1) is 4.57. The number of ether oxygens (including phenoxy) is 1. The molecule has 0 atom stereocenters. The fraction of sp³-hybridized carbons (Fsp3) is 0.667. The van der Waals surface area contributed by atoms with E-state index < -0.39 is 5.97 Å². The fourth-order valence-electron chi connectivity index (χ4n) is 0.334. The highest BCUT2D eigenvalue weighted by Crippen LogP contribution is 1.92. The summed E-state index contributed by atoms with van der Waals surface area (Å²) in [6, 6.07) is 0. The summed E-state index contributed by atoms with van der Waals surface area (Å²) in [7, 11) is 0. The molecule has 0 radical (unpaired) electrons. The molecule has 4 heteroatoms. The van der Waals surface area contributed by atoms with Crippen LogP contribution < -0.4 is 0 Å². The average molecular weight is 164 g/mol. The Bertz CT molecular complexity index is 154. The molecule has 0 aromatic rings. The Morgan fingerprint density at radius 3 is 2.40 bits per heavy atom. The van der Waals surface area contributed by atoms with Gasteiger partial charge in [-0.1, -0.05) is 0 Å². The van der Waals surface area contributed by atoms with Crippen LogP contribution in [0.25, 0.3) is 0 Å². The molecule has 0 N–H and O–H groups in total. The first-order valence-electron chi connectivity index (χ1n) is 2.94. The first-order valence-corrected chi connectivity index (χ1v) is 3.28. The molecule has 0 aliphatic rings. The van der Waals surface area contributed by atoms with Crippen LogP contribution in [0, 0.1) is 0 Å². The van der Waals surface area contributed by atoms with Crippen LogP contribution in [0.3, 0.4) is 0 Å². The van der Waals surface area contributed by atoms with E-state index in [2.05, 4.69) is 4.51 Å². The van der Waals surface area contributed by atoms with E-state index in [4.69, 9.17) is 16.5 Å². The maximum atomic E-state index is 10.7. The van der Waals surface area contributed by atoms with Crippen molar-refractivity contribution in [1.29, 1.82) is 0 Å². The van der Waals surface area contributed by atoms with Crippen LogP contribution in [0.5, 0.6) is 0 Å². The molecule has 0 saturated heterocycles. The van der Waals surface area contributed by atoms with Gasteiger partial charge >= 0.3 is 5.97 Å². The molecule has 10 heavy (non-hydrogen) atoms. The van der Waals surface area contributed by atoms with Gasteiger partial charge in [0.15, 0.2) is 0 Å². The fourth-order valence-corrected chi connectivity index (χ4v) is 0.403. The van der Waals surface area contributed by atoms with Gasteiger partial charge in [0.05, 0.1) is 6.10 Å². The molecule has 0 heterocycles. The third kappa shape index (κ3) is 3.45. The lowest BCUT2D eigenvalue weighted by atomic mass is 10.4. The second-order valence-electron chi connectivity index (χ2n) is 2.12. The summed E-state index contributed by atoms with van der Waals surface area (Å²) in [5.74, 6) is -0.468. The zero-order valence-electron chi connectivity index (χ0n) is 6.22. The first kappa shape index (κ1) is 9.43. The number of nitrogens with zero attached hydrogens (tertiary/aromatic N) is 1. The second kappa shape index (κ2) is 4.28.